The average Bonchev–Trinajstić information content (AvgIpc) is 2.44. The Morgan fingerprint density at radius 1 is 1.17 bits per heavy atom. The highest BCUT2D eigenvalue weighted by Gasteiger charge is 2.50. The fourth-order valence-corrected chi connectivity index (χ4v) is 5.98. The molecule has 2 bridgehead atoms. The van der Waals surface area contributed by atoms with Gasteiger partial charge in [-0.1, -0.05) is 19.8 Å². The molecule has 0 aromatic rings. The van der Waals surface area contributed by atoms with Crippen LogP contribution in [0, 0.1) is 17.8 Å². The first-order valence-electron chi connectivity index (χ1n) is 7.10. The highest BCUT2D eigenvalue weighted by Crippen LogP contribution is 2.58. The Labute approximate surface area is 120 Å². The maximum atomic E-state index is 6.22. The van der Waals surface area contributed by atoms with Crippen LogP contribution in [0.2, 0.25) is 0 Å². The van der Waals surface area contributed by atoms with Gasteiger partial charge >= 0.3 is 0 Å². The van der Waals surface area contributed by atoms with E-state index in [1.807, 2.05) is 0 Å². The molecule has 1 nitrogen and oxygen atoms in total. The van der Waals surface area contributed by atoms with Crippen LogP contribution in [0.4, 0.5) is 0 Å². The lowest BCUT2D eigenvalue weighted by Crippen LogP contribution is -2.49. The predicted molar refractivity (Wildman–Crippen MR) is 82.9 cm³/mol. The van der Waals surface area contributed by atoms with E-state index in [1.165, 1.54) is 37.2 Å². The zero-order valence-electron chi connectivity index (χ0n) is 11.4. The molecule has 3 heteroatoms. The van der Waals surface area contributed by atoms with E-state index >= 15 is 0 Å². The molecule has 3 heterocycles. The minimum atomic E-state index is 0.0720. The molecule has 0 aromatic heterocycles. The van der Waals surface area contributed by atoms with Gasteiger partial charge in [0.15, 0.2) is 4.27 Å². The molecule has 3 aliphatic rings. The Morgan fingerprint density at radius 3 is 2.50 bits per heavy atom. The van der Waals surface area contributed by atoms with Gasteiger partial charge in [-0.05, 0) is 25.7 Å². The zero-order chi connectivity index (χ0) is 12.9. The van der Waals surface area contributed by atoms with Crippen molar-refractivity contribution in [2.24, 2.45) is 5.41 Å². The molecule has 0 radical (unpaired) electrons. The van der Waals surface area contributed by atoms with Crippen LogP contribution in [0.25, 0.3) is 0 Å². The van der Waals surface area contributed by atoms with Gasteiger partial charge < -0.3 is 4.74 Å². The minimum absolute atomic E-state index is 0.0720. The highest BCUT2D eigenvalue weighted by molar-refractivity contribution is 8.18. The topological polar surface area (TPSA) is 9.23 Å². The Bertz CT molecular complexity index is 284. The standard InChI is InChI=1S/C15H24OS2/c1-3-5-7-8-10-15-16-11-14(12-17-15,13-18-15)9-6-4-2/h1H,4-13H2,2H3. The van der Waals surface area contributed by atoms with Gasteiger partial charge in [-0.2, -0.15) is 0 Å². The van der Waals surface area contributed by atoms with Crippen molar-refractivity contribution in [3.05, 3.63) is 0 Å². The Kier molecular flexibility index (Phi) is 5.35. The molecule has 0 aliphatic carbocycles. The summed E-state index contributed by atoms with van der Waals surface area (Å²) in [6, 6.07) is 0. The molecule has 3 fully saturated rings. The van der Waals surface area contributed by atoms with E-state index in [2.05, 4.69) is 36.4 Å². The molecular formula is C15H24OS2. The first-order chi connectivity index (χ1) is 8.74. The van der Waals surface area contributed by atoms with Gasteiger partial charge in [-0.15, -0.1) is 35.9 Å². The van der Waals surface area contributed by atoms with E-state index in [4.69, 9.17) is 11.2 Å². The number of ether oxygens (including phenoxy) is 1. The summed E-state index contributed by atoms with van der Waals surface area (Å²) in [5.41, 5.74) is 0.478. The lowest BCUT2D eigenvalue weighted by molar-refractivity contribution is -0.000543. The minimum Gasteiger partial charge on any atom is -0.354 e. The Morgan fingerprint density at radius 2 is 1.94 bits per heavy atom. The number of rotatable bonds is 7. The molecule has 0 amide bonds. The summed E-state index contributed by atoms with van der Waals surface area (Å²) in [4.78, 5) is 0. The molecule has 3 aliphatic heterocycles. The van der Waals surface area contributed by atoms with Crippen LogP contribution < -0.4 is 0 Å². The van der Waals surface area contributed by atoms with Gasteiger partial charge in [0.05, 0.1) is 6.61 Å². The van der Waals surface area contributed by atoms with Crippen molar-refractivity contribution in [2.45, 2.75) is 56.1 Å². The van der Waals surface area contributed by atoms with Crippen molar-refractivity contribution < 1.29 is 4.74 Å². The van der Waals surface area contributed by atoms with Crippen LogP contribution in [-0.2, 0) is 4.74 Å². The normalized spacial score (nSPS) is 34.4. The molecule has 0 atom stereocenters. The van der Waals surface area contributed by atoms with Crippen LogP contribution in [0.5, 0.6) is 0 Å². The zero-order valence-corrected chi connectivity index (χ0v) is 13.0. The van der Waals surface area contributed by atoms with Crippen molar-refractivity contribution in [2.75, 3.05) is 18.1 Å². The van der Waals surface area contributed by atoms with E-state index in [9.17, 15) is 0 Å². The lowest BCUT2D eigenvalue weighted by Gasteiger charge is -2.52. The van der Waals surface area contributed by atoms with Gasteiger partial charge in [0, 0.05) is 23.3 Å². The molecule has 0 aromatic carbocycles. The van der Waals surface area contributed by atoms with Crippen molar-refractivity contribution in [1.82, 2.24) is 0 Å². The summed E-state index contributed by atoms with van der Waals surface area (Å²) in [6.07, 6.45) is 13.7. The van der Waals surface area contributed by atoms with Crippen LogP contribution in [-0.4, -0.2) is 22.4 Å². The Balaban J connectivity index is 1.78. The van der Waals surface area contributed by atoms with Crippen molar-refractivity contribution in [3.8, 4) is 12.3 Å². The summed E-state index contributed by atoms with van der Waals surface area (Å²) in [6.45, 7) is 3.27. The summed E-state index contributed by atoms with van der Waals surface area (Å²) in [7, 11) is 0. The molecule has 0 unspecified atom stereocenters. The lowest BCUT2D eigenvalue weighted by atomic mass is 9.87. The maximum Gasteiger partial charge on any atom is 0.160 e. The summed E-state index contributed by atoms with van der Waals surface area (Å²) < 4.78 is 6.29. The molecular weight excluding hydrogens is 260 g/mol. The van der Waals surface area contributed by atoms with Crippen LogP contribution in [0.3, 0.4) is 0 Å². The SMILES string of the molecule is C#CCCCCC12OCC(CCCC)(CS1)CS2. The summed E-state index contributed by atoms with van der Waals surface area (Å²) >= 11 is 4.11. The number of hydrogen-bond acceptors (Lipinski definition) is 3. The summed E-state index contributed by atoms with van der Waals surface area (Å²) in [5.74, 6) is 5.32. The van der Waals surface area contributed by atoms with Crippen LogP contribution in [0.15, 0.2) is 0 Å². The van der Waals surface area contributed by atoms with E-state index in [0.717, 1.165) is 25.9 Å². The molecule has 3 saturated heterocycles. The second-order valence-electron chi connectivity index (χ2n) is 5.56. The van der Waals surface area contributed by atoms with E-state index in [0.29, 0.717) is 5.41 Å². The number of fused-ring (bicyclic) bond motifs is 3. The average molecular weight is 284 g/mol. The predicted octanol–water partition coefficient (Wildman–Crippen LogP) is 4.52. The monoisotopic (exact) mass is 284 g/mol. The summed E-state index contributed by atoms with van der Waals surface area (Å²) in [5, 5.41) is 0. The van der Waals surface area contributed by atoms with Gasteiger partial charge in [0.25, 0.3) is 0 Å². The second-order valence-corrected chi connectivity index (χ2v) is 8.30. The van der Waals surface area contributed by atoms with Gasteiger partial charge in [-0.25, -0.2) is 0 Å². The first kappa shape index (κ1) is 14.6. The first-order valence-corrected chi connectivity index (χ1v) is 9.07. The van der Waals surface area contributed by atoms with E-state index in [-0.39, 0.29) is 4.27 Å². The number of thioether (sulfide) groups is 2. The number of hydrogen-bond donors (Lipinski definition) is 0. The quantitative estimate of drug-likeness (QED) is 0.502. The van der Waals surface area contributed by atoms with Gasteiger partial charge in [0.2, 0.25) is 0 Å². The third-order valence-corrected chi connectivity index (χ3v) is 7.65. The number of terminal acetylenes is 1. The molecule has 102 valence electrons. The van der Waals surface area contributed by atoms with Gasteiger partial charge in [0.1, 0.15) is 0 Å². The molecule has 3 rings (SSSR count). The number of unbranched alkanes of at least 4 members (excludes halogenated alkanes) is 3. The van der Waals surface area contributed by atoms with Crippen LogP contribution in [0.1, 0.15) is 51.9 Å². The molecule has 0 saturated carbocycles. The van der Waals surface area contributed by atoms with Crippen LogP contribution >= 0.6 is 23.5 Å². The smallest absolute Gasteiger partial charge is 0.160 e. The third kappa shape index (κ3) is 3.40. The maximum absolute atomic E-state index is 6.22. The largest absolute Gasteiger partial charge is 0.354 e. The van der Waals surface area contributed by atoms with Gasteiger partial charge in [-0.3, -0.25) is 0 Å². The van der Waals surface area contributed by atoms with Crippen molar-refractivity contribution >= 4 is 23.5 Å². The third-order valence-electron chi connectivity index (χ3n) is 3.91. The molecule has 0 spiro atoms. The van der Waals surface area contributed by atoms with Crippen molar-refractivity contribution in [3.63, 3.8) is 0 Å². The van der Waals surface area contributed by atoms with Crippen molar-refractivity contribution in [1.29, 1.82) is 0 Å². The highest BCUT2D eigenvalue weighted by atomic mass is 32.2. The Hall–Kier alpha value is 0.220. The fraction of sp³-hybridized carbons (Fsp3) is 0.867. The van der Waals surface area contributed by atoms with E-state index < -0.39 is 0 Å². The second kappa shape index (κ2) is 6.59. The van der Waals surface area contributed by atoms with E-state index in [1.54, 1.807) is 0 Å². The fourth-order valence-electron chi connectivity index (χ4n) is 2.59. The molecule has 0 N–H and O–H groups in total. The molecule has 18 heavy (non-hydrogen) atoms.